The van der Waals surface area contributed by atoms with Gasteiger partial charge in [0.1, 0.15) is 5.75 Å². The molecule has 0 heterocycles. The van der Waals surface area contributed by atoms with Crippen LogP contribution in [0.4, 0.5) is 0 Å². The second-order valence-corrected chi connectivity index (χ2v) is 2.57. The fourth-order valence-electron chi connectivity index (χ4n) is 0.734. The van der Waals surface area contributed by atoms with Crippen molar-refractivity contribution in [2.75, 3.05) is 0 Å². The monoisotopic (exact) mass is 181 g/mol. The maximum Gasteiger partial charge on any atom is 0.293 e. The summed E-state index contributed by atoms with van der Waals surface area (Å²) in [5.74, 6) is -2.48. The minimum atomic E-state index is -1.96. The first kappa shape index (κ1) is 9.50. The highest BCUT2D eigenvalue weighted by Gasteiger charge is 2.28. The number of primary amides is 1. The molecule has 0 aromatic heterocycles. The minimum Gasteiger partial charge on any atom is -0.451 e. The molecule has 0 saturated carbocycles. The van der Waals surface area contributed by atoms with Gasteiger partial charge < -0.3 is 10.5 Å². The summed E-state index contributed by atoms with van der Waals surface area (Å²) >= 11 is 0. The SMILES string of the molecule is NC(=O)C(N)(N)Oc1ccccc1. The van der Waals surface area contributed by atoms with Crippen LogP contribution >= 0.6 is 0 Å². The molecular weight excluding hydrogens is 170 g/mol. The number of hydrogen-bond acceptors (Lipinski definition) is 4. The summed E-state index contributed by atoms with van der Waals surface area (Å²) in [5.41, 5.74) is 15.4. The van der Waals surface area contributed by atoms with Crippen LogP contribution in [0.2, 0.25) is 0 Å². The van der Waals surface area contributed by atoms with E-state index in [1.165, 1.54) is 0 Å². The predicted molar refractivity (Wildman–Crippen MR) is 47.4 cm³/mol. The van der Waals surface area contributed by atoms with Crippen molar-refractivity contribution in [2.45, 2.75) is 5.85 Å². The molecule has 1 aromatic rings. The lowest BCUT2D eigenvalue weighted by atomic mass is 10.3. The van der Waals surface area contributed by atoms with Gasteiger partial charge in [-0.05, 0) is 12.1 Å². The molecule has 5 heteroatoms. The van der Waals surface area contributed by atoms with Gasteiger partial charge in [-0.15, -0.1) is 0 Å². The molecule has 1 amide bonds. The molecule has 13 heavy (non-hydrogen) atoms. The van der Waals surface area contributed by atoms with Gasteiger partial charge in [0.05, 0.1) is 0 Å². The molecule has 70 valence electrons. The van der Waals surface area contributed by atoms with Crippen LogP contribution in [0, 0.1) is 0 Å². The summed E-state index contributed by atoms with van der Waals surface area (Å²) in [7, 11) is 0. The number of benzene rings is 1. The smallest absolute Gasteiger partial charge is 0.293 e. The fraction of sp³-hybridized carbons (Fsp3) is 0.125. The quantitative estimate of drug-likeness (QED) is 0.527. The number of carbonyl (C=O) groups excluding carboxylic acids is 1. The van der Waals surface area contributed by atoms with Crippen molar-refractivity contribution in [2.24, 2.45) is 17.2 Å². The maximum absolute atomic E-state index is 10.7. The van der Waals surface area contributed by atoms with Crippen LogP contribution in [0.25, 0.3) is 0 Å². The van der Waals surface area contributed by atoms with Crippen molar-refractivity contribution in [3.63, 3.8) is 0 Å². The predicted octanol–water partition coefficient (Wildman–Crippen LogP) is -0.878. The van der Waals surface area contributed by atoms with E-state index in [0.29, 0.717) is 5.75 Å². The van der Waals surface area contributed by atoms with Crippen molar-refractivity contribution < 1.29 is 9.53 Å². The van der Waals surface area contributed by atoms with Crippen LogP contribution in [-0.4, -0.2) is 11.8 Å². The van der Waals surface area contributed by atoms with Gasteiger partial charge >= 0.3 is 0 Å². The van der Waals surface area contributed by atoms with Crippen LogP contribution in [0.1, 0.15) is 0 Å². The van der Waals surface area contributed by atoms with Crippen LogP contribution in [0.3, 0.4) is 0 Å². The molecule has 0 atom stereocenters. The first-order chi connectivity index (χ1) is 6.02. The van der Waals surface area contributed by atoms with E-state index in [9.17, 15) is 4.79 Å². The Morgan fingerprint density at radius 3 is 2.23 bits per heavy atom. The van der Waals surface area contributed by atoms with E-state index in [1.807, 2.05) is 0 Å². The topological polar surface area (TPSA) is 104 Å². The molecule has 0 aliphatic carbocycles. The number of hydrogen-bond donors (Lipinski definition) is 3. The number of para-hydroxylation sites is 1. The number of carbonyl (C=O) groups is 1. The average Bonchev–Trinajstić information content (AvgIpc) is 2.05. The zero-order chi connectivity index (χ0) is 9.90. The van der Waals surface area contributed by atoms with E-state index in [0.717, 1.165) is 0 Å². The van der Waals surface area contributed by atoms with Crippen LogP contribution < -0.4 is 21.9 Å². The van der Waals surface area contributed by atoms with Gasteiger partial charge in [-0.25, -0.2) is 0 Å². The molecule has 5 nitrogen and oxygen atoms in total. The third kappa shape index (κ3) is 2.43. The normalized spacial score (nSPS) is 10.9. The Labute approximate surface area is 75.5 Å². The van der Waals surface area contributed by atoms with E-state index in [-0.39, 0.29) is 0 Å². The lowest BCUT2D eigenvalue weighted by Gasteiger charge is -2.21. The van der Waals surface area contributed by atoms with Gasteiger partial charge in [0.25, 0.3) is 11.8 Å². The Hall–Kier alpha value is -1.59. The van der Waals surface area contributed by atoms with Gasteiger partial charge in [0.15, 0.2) is 0 Å². The van der Waals surface area contributed by atoms with Crippen LogP contribution in [-0.2, 0) is 4.79 Å². The van der Waals surface area contributed by atoms with Crippen molar-refractivity contribution in [3.8, 4) is 5.75 Å². The van der Waals surface area contributed by atoms with Gasteiger partial charge in [-0.3, -0.25) is 16.3 Å². The fourth-order valence-corrected chi connectivity index (χ4v) is 0.734. The molecule has 0 fully saturated rings. The summed E-state index contributed by atoms with van der Waals surface area (Å²) in [6.45, 7) is 0. The van der Waals surface area contributed by atoms with Crippen LogP contribution in [0.5, 0.6) is 5.75 Å². The van der Waals surface area contributed by atoms with E-state index < -0.39 is 11.8 Å². The molecule has 0 unspecified atom stereocenters. The Bertz CT molecular complexity index is 298. The Kier molecular flexibility index (Phi) is 2.50. The zero-order valence-electron chi connectivity index (χ0n) is 6.94. The van der Waals surface area contributed by atoms with Crippen LogP contribution in [0.15, 0.2) is 30.3 Å². The summed E-state index contributed by atoms with van der Waals surface area (Å²) < 4.78 is 4.94. The zero-order valence-corrected chi connectivity index (χ0v) is 6.94. The highest BCUT2D eigenvalue weighted by molar-refractivity contribution is 5.82. The lowest BCUT2D eigenvalue weighted by Crippen LogP contribution is -2.63. The third-order valence-electron chi connectivity index (χ3n) is 1.42. The highest BCUT2D eigenvalue weighted by atomic mass is 16.5. The van der Waals surface area contributed by atoms with E-state index in [2.05, 4.69) is 0 Å². The molecule has 0 aliphatic heterocycles. The molecule has 6 N–H and O–H groups in total. The number of rotatable bonds is 3. The molecular formula is C8H11N3O2. The number of ether oxygens (including phenoxy) is 1. The minimum absolute atomic E-state index is 0.395. The van der Waals surface area contributed by atoms with Crippen molar-refractivity contribution in [3.05, 3.63) is 30.3 Å². The van der Waals surface area contributed by atoms with Crippen molar-refractivity contribution in [1.82, 2.24) is 0 Å². The molecule has 0 aliphatic rings. The summed E-state index contributed by atoms with van der Waals surface area (Å²) in [5, 5.41) is 0. The second-order valence-electron chi connectivity index (χ2n) is 2.57. The van der Waals surface area contributed by atoms with E-state index in [4.69, 9.17) is 21.9 Å². The highest BCUT2D eigenvalue weighted by Crippen LogP contribution is 2.11. The Morgan fingerprint density at radius 1 is 1.23 bits per heavy atom. The largest absolute Gasteiger partial charge is 0.451 e. The van der Waals surface area contributed by atoms with Crippen molar-refractivity contribution >= 4 is 5.91 Å². The van der Waals surface area contributed by atoms with Crippen molar-refractivity contribution in [1.29, 1.82) is 0 Å². The molecule has 0 radical (unpaired) electrons. The van der Waals surface area contributed by atoms with Gasteiger partial charge in [0, 0.05) is 0 Å². The standard InChI is InChI=1S/C8H11N3O2/c9-7(12)8(10,11)13-6-4-2-1-3-5-6/h1-5H,10-11H2,(H2,9,12). The summed E-state index contributed by atoms with van der Waals surface area (Å²) in [6, 6.07) is 8.50. The molecule has 0 spiro atoms. The van der Waals surface area contributed by atoms with Gasteiger partial charge in [-0.2, -0.15) is 0 Å². The Balaban J connectivity index is 2.75. The first-order valence-corrected chi connectivity index (χ1v) is 3.64. The molecule has 1 aromatic carbocycles. The lowest BCUT2D eigenvalue weighted by molar-refractivity contribution is -0.132. The van der Waals surface area contributed by atoms with E-state index >= 15 is 0 Å². The van der Waals surface area contributed by atoms with Gasteiger partial charge in [-0.1, -0.05) is 18.2 Å². The average molecular weight is 181 g/mol. The molecule has 1 rings (SSSR count). The second kappa shape index (κ2) is 3.42. The Morgan fingerprint density at radius 2 is 1.77 bits per heavy atom. The summed E-state index contributed by atoms with van der Waals surface area (Å²) in [6.07, 6.45) is 0. The van der Waals surface area contributed by atoms with E-state index in [1.54, 1.807) is 30.3 Å². The number of amides is 1. The van der Waals surface area contributed by atoms with Gasteiger partial charge in [0.2, 0.25) is 0 Å². The maximum atomic E-state index is 10.7. The molecule has 0 bridgehead atoms. The molecule has 0 saturated heterocycles. The number of nitrogens with two attached hydrogens (primary N) is 3. The third-order valence-corrected chi connectivity index (χ3v) is 1.42. The summed E-state index contributed by atoms with van der Waals surface area (Å²) in [4.78, 5) is 10.7. The first-order valence-electron chi connectivity index (χ1n) is 3.64.